The number of amides is 1. The van der Waals surface area contributed by atoms with Gasteiger partial charge in [-0.2, -0.15) is 4.31 Å². The number of ether oxygens (including phenoxy) is 1. The average molecular weight is 415 g/mol. The van der Waals surface area contributed by atoms with Gasteiger partial charge in [0.05, 0.1) is 17.2 Å². The number of rotatable bonds is 3. The van der Waals surface area contributed by atoms with E-state index in [1.54, 1.807) is 11.0 Å². The zero-order valence-electron chi connectivity index (χ0n) is 16.0. The van der Waals surface area contributed by atoms with Gasteiger partial charge in [-0.05, 0) is 50.8 Å². The third kappa shape index (κ3) is 4.47. The van der Waals surface area contributed by atoms with E-state index in [1.807, 2.05) is 13.8 Å². The molecular weight excluding hydrogens is 388 g/mol. The van der Waals surface area contributed by atoms with Gasteiger partial charge in [-0.3, -0.25) is 4.79 Å². The van der Waals surface area contributed by atoms with Crippen molar-refractivity contribution in [1.82, 2.24) is 9.21 Å². The largest absolute Gasteiger partial charge is 0.373 e. The number of morpholine rings is 1. The summed E-state index contributed by atoms with van der Waals surface area (Å²) in [6, 6.07) is 4.52. The fraction of sp³-hybridized carbons (Fsp3) is 0.632. The van der Waals surface area contributed by atoms with E-state index in [4.69, 9.17) is 16.3 Å². The highest BCUT2D eigenvalue weighted by molar-refractivity contribution is 7.89. The molecule has 0 bridgehead atoms. The van der Waals surface area contributed by atoms with Crippen molar-refractivity contribution in [3.05, 3.63) is 28.8 Å². The first kappa shape index (κ1) is 20.6. The normalized spacial score (nSPS) is 25.6. The van der Waals surface area contributed by atoms with Gasteiger partial charge in [0.2, 0.25) is 10.0 Å². The molecule has 1 amide bonds. The molecule has 2 aliphatic heterocycles. The monoisotopic (exact) mass is 414 g/mol. The number of carbonyl (C=O) groups excluding carboxylic acids is 1. The number of benzene rings is 1. The van der Waals surface area contributed by atoms with E-state index in [1.165, 1.54) is 16.4 Å². The Kier molecular flexibility index (Phi) is 6.15. The van der Waals surface area contributed by atoms with E-state index < -0.39 is 10.0 Å². The highest BCUT2D eigenvalue weighted by Crippen LogP contribution is 2.29. The Labute approximate surface area is 166 Å². The maximum atomic E-state index is 13.2. The fourth-order valence-electron chi connectivity index (χ4n) is 3.69. The number of halogens is 1. The SMILES string of the molecule is CC1CCN(C(=O)c2ccc(Cl)c(S(=O)(=O)N3CC(C)OC(C)C3)c2)CC1. The lowest BCUT2D eigenvalue weighted by Gasteiger charge is -2.34. The summed E-state index contributed by atoms with van der Waals surface area (Å²) in [6.45, 7) is 7.80. The highest BCUT2D eigenvalue weighted by Gasteiger charge is 2.34. The van der Waals surface area contributed by atoms with Crippen LogP contribution in [0.5, 0.6) is 0 Å². The number of likely N-dealkylation sites (tertiary alicyclic amines) is 1. The number of nitrogens with zero attached hydrogens (tertiary/aromatic N) is 2. The molecule has 2 saturated heterocycles. The molecule has 0 aromatic heterocycles. The maximum absolute atomic E-state index is 13.2. The lowest BCUT2D eigenvalue weighted by atomic mass is 9.98. The molecule has 2 unspecified atom stereocenters. The highest BCUT2D eigenvalue weighted by atomic mass is 35.5. The number of hydrogen-bond acceptors (Lipinski definition) is 4. The first-order valence-corrected chi connectivity index (χ1v) is 11.2. The maximum Gasteiger partial charge on any atom is 0.253 e. The molecule has 0 N–H and O–H groups in total. The molecular formula is C19H27ClN2O4S. The molecule has 1 aromatic rings. The predicted octanol–water partition coefficient (Wildman–Crippen LogP) is 3.01. The van der Waals surface area contributed by atoms with E-state index in [2.05, 4.69) is 6.92 Å². The van der Waals surface area contributed by atoms with Crippen molar-refractivity contribution in [2.45, 2.75) is 50.7 Å². The summed E-state index contributed by atoms with van der Waals surface area (Å²) in [4.78, 5) is 14.6. The fourth-order valence-corrected chi connectivity index (χ4v) is 5.79. The Hall–Kier alpha value is -1.15. The molecule has 2 aliphatic rings. The van der Waals surface area contributed by atoms with Crippen LogP contribution in [0.2, 0.25) is 5.02 Å². The van der Waals surface area contributed by atoms with Crippen molar-refractivity contribution in [2.24, 2.45) is 5.92 Å². The third-order valence-corrected chi connectivity index (χ3v) is 7.57. The topological polar surface area (TPSA) is 66.9 Å². The molecule has 8 heteroatoms. The summed E-state index contributed by atoms with van der Waals surface area (Å²) >= 11 is 6.22. The smallest absolute Gasteiger partial charge is 0.253 e. The summed E-state index contributed by atoms with van der Waals surface area (Å²) in [5.41, 5.74) is 0.363. The summed E-state index contributed by atoms with van der Waals surface area (Å²) < 4.78 is 33.3. The van der Waals surface area contributed by atoms with E-state index in [0.29, 0.717) is 24.6 Å². The van der Waals surface area contributed by atoms with E-state index in [-0.39, 0.29) is 41.1 Å². The predicted molar refractivity (Wildman–Crippen MR) is 105 cm³/mol. The molecule has 2 heterocycles. The first-order chi connectivity index (χ1) is 12.7. The summed E-state index contributed by atoms with van der Waals surface area (Å²) in [6.07, 6.45) is 1.55. The van der Waals surface area contributed by atoms with Crippen LogP contribution >= 0.6 is 11.6 Å². The van der Waals surface area contributed by atoms with Crippen molar-refractivity contribution < 1.29 is 17.9 Å². The Morgan fingerprint density at radius 1 is 1.11 bits per heavy atom. The number of piperidine rings is 1. The van der Waals surface area contributed by atoms with Crippen LogP contribution in [0.25, 0.3) is 0 Å². The van der Waals surface area contributed by atoms with Gasteiger partial charge in [-0.25, -0.2) is 8.42 Å². The van der Waals surface area contributed by atoms with Crippen LogP contribution in [-0.2, 0) is 14.8 Å². The Balaban J connectivity index is 1.87. The van der Waals surface area contributed by atoms with Crippen molar-refractivity contribution in [3.63, 3.8) is 0 Å². The van der Waals surface area contributed by atoms with Gasteiger partial charge in [0.25, 0.3) is 5.91 Å². The van der Waals surface area contributed by atoms with E-state index >= 15 is 0 Å². The van der Waals surface area contributed by atoms with Gasteiger partial charge in [0.15, 0.2) is 0 Å². The van der Waals surface area contributed by atoms with Crippen LogP contribution in [0.1, 0.15) is 44.0 Å². The number of sulfonamides is 1. The second-order valence-corrected chi connectivity index (χ2v) is 10.0. The Bertz CT molecular complexity index is 796. The van der Waals surface area contributed by atoms with Gasteiger partial charge in [-0.15, -0.1) is 0 Å². The van der Waals surface area contributed by atoms with Gasteiger partial charge in [0.1, 0.15) is 4.90 Å². The van der Waals surface area contributed by atoms with E-state index in [0.717, 1.165) is 12.8 Å². The lowest BCUT2D eigenvalue weighted by molar-refractivity contribution is -0.0440. The summed E-state index contributed by atoms with van der Waals surface area (Å²) in [5.74, 6) is 0.472. The van der Waals surface area contributed by atoms with Crippen molar-refractivity contribution in [2.75, 3.05) is 26.2 Å². The average Bonchev–Trinajstić information content (AvgIpc) is 2.61. The Morgan fingerprint density at radius 2 is 1.70 bits per heavy atom. The van der Waals surface area contributed by atoms with Crippen LogP contribution in [0, 0.1) is 5.92 Å². The van der Waals surface area contributed by atoms with Crippen LogP contribution in [0.4, 0.5) is 0 Å². The molecule has 0 radical (unpaired) electrons. The summed E-state index contributed by atoms with van der Waals surface area (Å²) in [5, 5.41) is 0.130. The molecule has 0 aliphatic carbocycles. The molecule has 27 heavy (non-hydrogen) atoms. The van der Waals surface area contributed by atoms with Gasteiger partial charge in [-0.1, -0.05) is 18.5 Å². The second kappa shape index (κ2) is 8.07. The molecule has 2 atom stereocenters. The third-order valence-electron chi connectivity index (χ3n) is 5.25. The Morgan fingerprint density at radius 3 is 2.30 bits per heavy atom. The molecule has 6 nitrogen and oxygen atoms in total. The molecule has 0 saturated carbocycles. The quantitative estimate of drug-likeness (QED) is 0.762. The molecule has 0 spiro atoms. The number of carbonyl (C=O) groups is 1. The van der Waals surface area contributed by atoms with Gasteiger partial charge < -0.3 is 9.64 Å². The van der Waals surface area contributed by atoms with Crippen molar-refractivity contribution in [3.8, 4) is 0 Å². The molecule has 150 valence electrons. The van der Waals surface area contributed by atoms with Crippen molar-refractivity contribution >= 4 is 27.5 Å². The number of hydrogen-bond donors (Lipinski definition) is 0. The van der Waals surface area contributed by atoms with Crippen LogP contribution in [-0.4, -0.2) is 61.9 Å². The lowest BCUT2D eigenvalue weighted by Crippen LogP contribution is -2.48. The zero-order valence-corrected chi connectivity index (χ0v) is 17.6. The van der Waals surface area contributed by atoms with Crippen LogP contribution < -0.4 is 0 Å². The van der Waals surface area contributed by atoms with Gasteiger partial charge >= 0.3 is 0 Å². The summed E-state index contributed by atoms with van der Waals surface area (Å²) in [7, 11) is -3.80. The van der Waals surface area contributed by atoms with Crippen molar-refractivity contribution in [1.29, 1.82) is 0 Å². The standard InChI is InChI=1S/C19H27ClN2O4S/c1-13-6-8-21(9-7-13)19(23)16-4-5-17(20)18(10-16)27(24,25)22-11-14(2)26-15(3)12-22/h4-5,10,13-15H,6-9,11-12H2,1-3H3. The molecule has 2 fully saturated rings. The minimum Gasteiger partial charge on any atom is -0.373 e. The zero-order chi connectivity index (χ0) is 19.8. The minimum absolute atomic E-state index is 0.0123. The minimum atomic E-state index is -3.80. The van der Waals surface area contributed by atoms with Crippen LogP contribution in [0.15, 0.2) is 23.1 Å². The van der Waals surface area contributed by atoms with Gasteiger partial charge in [0, 0.05) is 31.7 Å². The first-order valence-electron chi connectivity index (χ1n) is 9.43. The second-order valence-electron chi connectivity index (χ2n) is 7.70. The molecule has 3 rings (SSSR count). The van der Waals surface area contributed by atoms with Crippen LogP contribution in [0.3, 0.4) is 0 Å². The van der Waals surface area contributed by atoms with E-state index in [9.17, 15) is 13.2 Å². The molecule has 1 aromatic carbocycles.